The zero-order valence-corrected chi connectivity index (χ0v) is 18.9. The molecule has 4 nitrogen and oxygen atoms in total. The van der Waals surface area contributed by atoms with E-state index >= 15 is 0 Å². The molecule has 3 rings (SSSR count). The lowest BCUT2D eigenvalue weighted by atomic mass is 9.95. The highest BCUT2D eigenvalue weighted by Crippen LogP contribution is 2.39. The summed E-state index contributed by atoms with van der Waals surface area (Å²) < 4.78 is 0. The first kappa shape index (κ1) is 21.9. The van der Waals surface area contributed by atoms with Crippen molar-refractivity contribution in [2.45, 2.75) is 46.0 Å². The summed E-state index contributed by atoms with van der Waals surface area (Å²) >= 11 is 0. The van der Waals surface area contributed by atoms with Crippen molar-refractivity contribution in [2.24, 2.45) is 10.9 Å². The van der Waals surface area contributed by atoms with Gasteiger partial charge in [0, 0.05) is 30.3 Å². The molecule has 1 aromatic rings. The standard InChI is InChI=1S/C24H33N2O2P/c1-16(2)24(25-17(3)23(28)13-19-9-11-29-12-10-19)18(4)26-14-20(15-27)21-7-5-6-8-22(21)26/h5-8,19-20,27,29H,1,9-15H2,2-4H3/b24-18-,25-17+. The van der Waals surface area contributed by atoms with Crippen LogP contribution >= 0.6 is 8.58 Å². The zero-order chi connectivity index (χ0) is 21.0. The smallest absolute Gasteiger partial charge is 0.177 e. The van der Waals surface area contributed by atoms with E-state index in [1.54, 1.807) is 0 Å². The maximum atomic E-state index is 12.8. The molecule has 0 aromatic heterocycles. The Balaban J connectivity index is 1.86. The van der Waals surface area contributed by atoms with Crippen LogP contribution in [0.2, 0.25) is 0 Å². The molecule has 2 heterocycles. The van der Waals surface area contributed by atoms with E-state index in [-0.39, 0.29) is 18.3 Å². The number of hydrogen-bond donors (Lipinski definition) is 1. The van der Waals surface area contributed by atoms with Gasteiger partial charge in [-0.1, -0.05) is 24.8 Å². The minimum Gasteiger partial charge on any atom is -0.396 e. The number of anilines is 1. The van der Waals surface area contributed by atoms with Gasteiger partial charge in [0.05, 0.1) is 18.0 Å². The highest BCUT2D eigenvalue weighted by atomic mass is 31.1. The minimum atomic E-state index is 0.0891. The highest BCUT2D eigenvalue weighted by molar-refractivity contribution is 7.38. The van der Waals surface area contributed by atoms with Crippen LogP contribution in [0.5, 0.6) is 0 Å². The molecule has 1 atom stereocenters. The third-order valence-electron chi connectivity index (χ3n) is 6.06. The number of rotatable bonds is 7. The van der Waals surface area contributed by atoms with Gasteiger partial charge in [0.1, 0.15) is 0 Å². The number of benzene rings is 1. The lowest BCUT2D eigenvalue weighted by Crippen LogP contribution is -2.23. The van der Waals surface area contributed by atoms with Gasteiger partial charge in [0.25, 0.3) is 0 Å². The minimum absolute atomic E-state index is 0.0891. The Labute approximate surface area is 176 Å². The summed E-state index contributed by atoms with van der Waals surface area (Å²) in [5, 5.41) is 9.80. The van der Waals surface area contributed by atoms with Crippen molar-refractivity contribution in [1.82, 2.24) is 0 Å². The molecule has 2 aliphatic heterocycles. The fourth-order valence-corrected chi connectivity index (χ4v) is 5.78. The van der Waals surface area contributed by atoms with Crippen LogP contribution in [0.25, 0.3) is 0 Å². The van der Waals surface area contributed by atoms with E-state index in [1.165, 1.54) is 25.2 Å². The lowest BCUT2D eigenvalue weighted by Gasteiger charge is -2.23. The van der Waals surface area contributed by atoms with Crippen LogP contribution < -0.4 is 4.90 Å². The number of nitrogens with zero attached hydrogens (tertiary/aromatic N) is 2. The summed E-state index contributed by atoms with van der Waals surface area (Å²) in [5.74, 6) is 0.760. The molecule has 0 amide bonds. The van der Waals surface area contributed by atoms with Gasteiger partial charge < -0.3 is 10.0 Å². The number of hydrogen-bond acceptors (Lipinski definition) is 4. The van der Waals surface area contributed by atoms with Crippen molar-refractivity contribution in [3.63, 3.8) is 0 Å². The Kier molecular flexibility index (Phi) is 7.43. The molecule has 0 radical (unpaired) electrons. The summed E-state index contributed by atoms with van der Waals surface area (Å²) in [6.07, 6.45) is 5.50. The molecule has 1 saturated heterocycles. The van der Waals surface area contributed by atoms with Crippen molar-refractivity contribution in [3.05, 3.63) is 53.4 Å². The molecule has 0 saturated carbocycles. The van der Waals surface area contributed by atoms with Gasteiger partial charge in [0.15, 0.2) is 5.78 Å². The van der Waals surface area contributed by atoms with Crippen molar-refractivity contribution in [1.29, 1.82) is 0 Å². The van der Waals surface area contributed by atoms with Gasteiger partial charge in [-0.05, 0) is 69.1 Å². The summed E-state index contributed by atoms with van der Waals surface area (Å²) in [5.41, 5.74) is 5.43. The second-order valence-electron chi connectivity index (χ2n) is 8.28. The number of ketones is 1. The summed E-state index contributed by atoms with van der Waals surface area (Å²) in [7, 11) is 1.07. The van der Waals surface area contributed by atoms with E-state index in [1.807, 2.05) is 32.9 Å². The predicted molar refractivity (Wildman–Crippen MR) is 125 cm³/mol. The van der Waals surface area contributed by atoms with Crippen molar-refractivity contribution < 1.29 is 9.90 Å². The lowest BCUT2D eigenvalue weighted by molar-refractivity contribution is -0.113. The fraction of sp³-hybridized carbons (Fsp3) is 0.500. The molecular formula is C24H33N2O2P. The van der Waals surface area contributed by atoms with Crippen LogP contribution in [0.4, 0.5) is 5.69 Å². The summed E-state index contributed by atoms with van der Waals surface area (Å²) in [6.45, 7) is 10.7. The molecule has 2 aliphatic rings. The number of allylic oxidation sites excluding steroid dienone is 2. The maximum Gasteiger partial charge on any atom is 0.177 e. The number of Topliss-reactive ketones (excluding diaryl/α,β-unsaturated/α-hetero) is 1. The fourth-order valence-electron chi connectivity index (χ4n) is 4.31. The number of fused-ring (bicyclic) bond motifs is 1. The molecule has 0 spiro atoms. The number of carbonyl (C=O) groups excluding carboxylic acids is 1. The quantitative estimate of drug-likeness (QED) is 0.394. The molecule has 1 unspecified atom stereocenters. The monoisotopic (exact) mass is 412 g/mol. The molecule has 156 valence electrons. The van der Waals surface area contributed by atoms with E-state index in [0.717, 1.165) is 36.8 Å². The Morgan fingerprint density at radius 1 is 1.24 bits per heavy atom. The van der Waals surface area contributed by atoms with Crippen LogP contribution in [-0.4, -0.2) is 42.1 Å². The van der Waals surface area contributed by atoms with Crippen LogP contribution in [-0.2, 0) is 4.79 Å². The number of para-hydroxylation sites is 1. The Hall–Kier alpha value is -1.77. The van der Waals surface area contributed by atoms with Crippen molar-refractivity contribution in [2.75, 3.05) is 30.4 Å². The number of aliphatic imine (C=N–C) groups is 1. The number of aliphatic hydroxyl groups is 1. The normalized spacial score (nSPS) is 23.7. The predicted octanol–water partition coefficient (Wildman–Crippen LogP) is 4.90. The SMILES string of the molecule is C=C(C)C(/N=C(\C)C(=O)CC1CCPCC1)=C(\C)N1CC(CO)c2ccccc21. The van der Waals surface area contributed by atoms with Gasteiger partial charge in [-0.3, -0.25) is 4.79 Å². The average molecular weight is 413 g/mol. The largest absolute Gasteiger partial charge is 0.396 e. The molecule has 1 aromatic carbocycles. The molecule has 0 bridgehead atoms. The summed E-state index contributed by atoms with van der Waals surface area (Å²) in [4.78, 5) is 19.7. The molecular weight excluding hydrogens is 379 g/mol. The summed E-state index contributed by atoms with van der Waals surface area (Å²) in [6, 6.07) is 8.18. The van der Waals surface area contributed by atoms with Gasteiger partial charge in [-0.15, -0.1) is 8.58 Å². The molecule has 1 N–H and O–H groups in total. The van der Waals surface area contributed by atoms with Crippen molar-refractivity contribution >= 4 is 25.8 Å². The topological polar surface area (TPSA) is 52.9 Å². The van der Waals surface area contributed by atoms with Gasteiger partial charge >= 0.3 is 0 Å². The second kappa shape index (κ2) is 9.82. The molecule has 29 heavy (non-hydrogen) atoms. The Morgan fingerprint density at radius 2 is 1.93 bits per heavy atom. The van der Waals surface area contributed by atoms with Crippen LogP contribution in [0.15, 0.2) is 52.8 Å². The zero-order valence-electron chi connectivity index (χ0n) is 17.9. The third-order valence-corrected chi connectivity index (χ3v) is 7.34. The molecule has 1 fully saturated rings. The third kappa shape index (κ3) is 5.05. The van der Waals surface area contributed by atoms with Crippen LogP contribution in [0.1, 0.15) is 51.5 Å². The van der Waals surface area contributed by atoms with E-state index < -0.39 is 0 Å². The van der Waals surface area contributed by atoms with E-state index in [4.69, 9.17) is 4.99 Å². The van der Waals surface area contributed by atoms with Crippen LogP contribution in [0, 0.1) is 5.92 Å². The van der Waals surface area contributed by atoms with Gasteiger partial charge in [0.2, 0.25) is 0 Å². The first-order chi connectivity index (χ1) is 13.9. The van der Waals surface area contributed by atoms with E-state index in [2.05, 4.69) is 23.6 Å². The molecule has 5 heteroatoms. The Bertz CT molecular complexity index is 837. The number of carbonyl (C=O) groups is 1. The first-order valence-corrected chi connectivity index (χ1v) is 12.0. The first-order valence-electron chi connectivity index (χ1n) is 10.6. The van der Waals surface area contributed by atoms with E-state index in [0.29, 0.717) is 24.6 Å². The Morgan fingerprint density at radius 3 is 2.59 bits per heavy atom. The van der Waals surface area contributed by atoms with Crippen molar-refractivity contribution in [3.8, 4) is 0 Å². The molecule has 0 aliphatic carbocycles. The highest BCUT2D eigenvalue weighted by Gasteiger charge is 2.30. The van der Waals surface area contributed by atoms with Crippen LogP contribution in [0.3, 0.4) is 0 Å². The van der Waals surface area contributed by atoms with Gasteiger partial charge in [-0.25, -0.2) is 4.99 Å². The average Bonchev–Trinajstić information content (AvgIpc) is 3.10. The van der Waals surface area contributed by atoms with E-state index in [9.17, 15) is 9.90 Å². The van der Waals surface area contributed by atoms with Gasteiger partial charge in [-0.2, -0.15) is 0 Å². The second-order valence-corrected chi connectivity index (χ2v) is 9.78. The maximum absolute atomic E-state index is 12.8. The number of aliphatic hydroxyl groups excluding tert-OH is 1.